The summed E-state index contributed by atoms with van der Waals surface area (Å²) in [6, 6.07) is 0.477. The van der Waals surface area contributed by atoms with E-state index in [1.54, 1.807) is 0 Å². The lowest BCUT2D eigenvalue weighted by Crippen LogP contribution is -2.50. The summed E-state index contributed by atoms with van der Waals surface area (Å²) >= 11 is 0. The van der Waals surface area contributed by atoms with Crippen molar-refractivity contribution in [3.8, 4) is 0 Å². The maximum atomic E-state index is 12.7. The van der Waals surface area contributed by atoms with Crippen molar-refractivity contribution in [2.75, 3.05) is 13.6 Å². The summed E-state index contributed by atoms with van der Waals surface area (Å²) in [6.45, 7) is 5.46. The molecule has 2 aliphatic rings. The Morgan fingerprint density at radius 2 is 1.95 bits per heavy atom. The molecule has 0 aromatic carbocycles. The van der Waals surface area contributed by atoms with Crippen LogP contribution in [0.25, 0.3) is 0 Å². The van der Waals surface area contributed by atoms with Gasteiger partial charge in [-0.3, -0.25) is 4.79 Å². The highest BCUT2D eigenvalue weighted by Crippen LogP contribution is 2.33. The Labute approximate surface area is 118 Å². The first-order valence-electron chi connectivity index (χ1n) is 8.06. The average molecular weight is 266 g/mol. The van der Waals surface area contributed by atoms with Gasteiger partial charge >= 0.3 is 0 Å². The predicted molar refractivity (Wildman–Crippen MR) is 79.1 cm³/mol. The van der Waals surface area contributed by atoms with Gasteiger partial charge in [0.2, 0.25) is 5.91 Å². The van der Waals surface area contributed by atoms with Crippen LogP contribution in [0.3, 0.4) is 0 Å². The largest absolute Gasteiger partial charge is 0.339 e. The standard InChI is InChI=1S/C16H30N2O/c1-13(2)14-8-7-11-18(14)15(19)12-16(17-3)9-5-4-6-10-16/h13-14,17H,4-12H2,1-3H3. The molecule has 1 aliphatic heterocycles. The Hall–Kier alpha value is -0.570. The van der Waals surface area contributed by atoms with E-state index in [4.69, 9.17) is 0 Å². The number of amides is 1. The highest BCUT2D eigenvalue weighted by Gasteiger charge is 2.37. The predicted octanol–water partition coefficient (Wildman–Crippen LogP) is 2.95. The van der Waals surface area contributed by atoms with Gasteiger partial charge in [-0.15, -0.1) is 0 Å². The van der Waals surface area contributed by atoms with Crippen LogP contribution in [0.1, 0.15) is 65.2 Å². The third-order valence-electron chi connectivity index (χ3n) is 5.22. The SMILES string of the molecule is CNC1(CC(=O)N2CCCC2C(C)C)CCCCC1. The van der Waals surface area contributed by atoms with Crippen molar-refractivity contribution in [2.24, 2.45) is 5.92 Å². The molecule has 3 heteroatoms. The maximum Gasteiger partial charge on any atom is 0.224 e. The molecule has 3 nitrogen and oxygen atoms in total. The van der Waals surface area contributed by atoms with E-state index in [1.165, 1.54) is 32.1 Å². The zero-order chi connectivity index (χ0) is 13.9. The summed E-state index contributed by atoms with van der Waals surface area (Å²) in [5.74, 6) is 0.968. The quantitative estimate of drug-likeness (QED) is 0.848. The van der Waals surface area contributed by atoms with E-state index in [1.807, 2.05) is 7.05 Å². The van der Waals surface area contributed by atoms with E-state index >= 15 is 0 Å². The molecule has 110 valence electrons. The van der Waals surface area contributed by atoms with Crippen molar-refractivity contribution >= 4 is 5.91 Å². The van der Waals surface area contributed by atoms with Gasteiger partial charge in [0.15, 0.2) is 0 Å². The zero-order valence-electron chi connectivity index (χ0n) is 12.9. The molecule has 0 radical (unpaired) electrons. The van der Waals surface area contributed by atoms with Crippen LogP contribution in [0.15, 0.2) is 0 Å². The first kappa shape index (κ1) is 14.8. The van der Waals surface area contributed by atoms with Crippen molar-refractivity contribution in [3.05, 3.63) is 0 Å². The molecule has 1 heterocycles. The van der Waals surface area contributed by atoms with E-state index in [0.29, 0.717) is 24.3 Å². The van der Waals surface area contributed by atoms with Gasteiger partial charge in [0.25, 0.3) is 0 Å². The highest BCUT2D eigenvalue weighted by atomic mass is 16.2. The molecular weight excluding hydrogens is 236 g/mol. The fourth-order valence-corrected chi connectivity index (χ4v) is 3.93. The van der Waals surface area contributed by atoms with Crippen LogP contribution in [0.4, 0.5) is 0 Å². The van der Waals surface area contributed by atoms with Gasteiger partial charge in [-0.25, -0.2) is 0 Å². The van der Waals surface area contributed by atoms with E-state index < -0.39 is 0 Å². The second-order valence-corrected chi connectivity index (χ2v) is 6.81. The van der Waals surface area contributed by atoms with Crippen LogP contribution in [-0.2, 0) is 4.79 Å². The van der Waals surface area contributed by atoms with Gasteiger partial charge < -0.3 is 10.2 Å². The number of nitrogens with zero attached hydrogens (tertiary/aromatic N) is 1. The van der Waals surface area contributed by atoms with Crippen molar-refractivity contribution in [1.29, 1.82) is 0 Å². The normalized spacial score (nSPS) is 26.9. The zero-order valence-corrected chi connectivity index (χ0v) is 12.9. The van der Waals surface area contributed by atoms with E-state index in [0.717, 1.165) is 19.4 Å². The number of rotatable bonds is 4. The van der Waals surface area contributed by atoms with Crippen molar-refractivity contribution in [1.82, 2.24) is 10.2 Å². The number of carbonyl (C=O) groups is 1. The topological polar surface area (TPSA) is 32.3 Å². The van der Waals surface area contributed by atoms with Crippen LogP contribution < -0.4 is 5.32 Å². The summed E-state index contributed by atoms with van der Waals surface area (Å²) in [6.07, 6.45) is 9.26. The summed E-state index contributed by atoms with van der Waals surface area (Å²) in [5.41, 5.74) is 0.0828. The number of hydrogen-bond donors (Lipinski definition) is 1. The van der Waals surface area contributed by atoms with Gasteiger partial charge in [0.05, 0.1) is 0 Å². The van der Waals surface area contributed by atoms with Crippen LogP contribution in [0, 0.1) is 5.92 Å². The van der Waals surface area contributed by atoms with Gasteiger partial charge in [-0.1, -0.05) is 33.1 Å². The van der Waals surface area contributed by atoms with Gasteiger partial charge in [0.1, 0.15) is 0 Å². The molecule has 2 fully saturated rings. The lowest BCUT2D eigenvalue weighted by atomic mass is 9.79. The molecule has 0 aromatic heterocycles. The fraction of sp³-hybridized carbons (Fsp3) is 0.938. The molecule has 1 amide bonds. The monoisotopic (exact) mass is 266 g/mol. The van der Waals surface area contributed by atoms with E-state index in [2.05, 4.69) is 24.1 Å². The smallest absolute Gasteiger partial charge is 0.224 e. The third kappa shape index (κ3) is 3.31. The fourth-order valence-electron chi connectivity index (χ4n) is 3.93. The Kier molecular flexibility index (Phi) is 4.88. The molecule has 0 bridgehead atoms. The van der Waals surface area contributed by atoms with Crippen molar-refractivity contribution < 1.29 is 4.79 Å². The molecule has 0 spiro atoms. The molecule has 0 aromatic rings. The Balaban J connectivity index is 1.99. The molecule has 1 saturated carbocycles. The molecular formula is C16H30N2O. The van der Waals surface area contributed by atoms with Crippen molar-refractivity contribution in [3.63, 3.8) is 0 Å². The highest BCUT2D eigenvalue weighted by molar-refractivity contribution is 5.78. The molecule has 1 aliphatic carbocycles. The van der Waals surface area contributed by atoms with E-state index in [9.17, 15) is 4.79 Å². The maximum absolute atomic E-state index is 12.7. The average Bonchev–Trinajstić information content (AvgIpc) is 2.89. The molecule has 2 rings (SSSR count). The van der Waals surface area contributed by atoms with Gasteiger partial charge in [0, 0.05) is 24.5 Å². The second kappa shape index (κ2) is 6.25. The number of nitrogens with one attached hydrogen (secondary N) is 1. The molecule has 19 heavy (non-hydrogen) atoms. The number of likely N-dealkylation sites (tertiary alicyclic amines) is 1. The Bertz CT molecular complexity index is 308. The second-order valence-electron chi connectivity index (χ2n) is 6.81. The number of hydrogen-bond acceptors (Lipinski definition) is 2. The Morgan fingerprint density at radius 3 is 2.53 bits per heavy atom. The van der Waals surface area contributed by atoms with Crippen LogP contribution in [0.2, 0.25) is 0 Å². The minimum Gasteiger partial charge on any atom is -0.339 e. The van der Waals surface area contributed by atoms with Gasteiger partial charge in [-0.2, -0.15) is 0 Å². The first-order chi connectivity index (χ1) is 9.08. The first-order valence-corrected chi connectivity index (χ1v) is 8.06. The summed E-state index contributed by atoms with van der Waals surface area (Å²) in [7, 11) is 2.03. The van der Waals surface area contributed by atoms with Crippen LogP contribution in [-0.4, -0.2) is 36.0 Å². The molecule has 1 atom stereocenters. The van der Waals surface area contributed by atoms with Gasteiger partial charge in [-0.05, 0) is 38.6 Å². The molecule has 1 N–H and O–H groups in total. The molecule has 1 unspecified atom stereocenters. The molecule has 1 saturated heterocycles. The minimum absolute atomic E-state index is 0.0828. The summed E-state index contributed by atoms with van der Waals surface area (Å²) in [5, 5.41) is 3.47. The Morgan fingerprint density at radius 1 is 1.26 bits per heavy atom. The summed E-state index contributed by atoms with van der Waals surface area (Å²) < 4.78 is 0. The number of carbonyl (C=O) groups excluding carboxylic acids is 1. The van der Waals surface area contributed by atoms with Crippen LogP contribution in [0.5, 0.6) is 0 Å². The lowest BCUT2D eigenvalue weighted by molar-refractivity contribution is -0.134. The summed E-state index contributed by atoms with van der Waals surface area (Å²) in [4.78, 5) is 14.8. The van der Waals surface area contributed by atoms with E-state index in [-0.39, 0.29) is 5.54 Å². The van der Waals surface area contributed by atoms with Crippen molar-refractivity contribution in [2.45, 2.75) is 76.8 Å². The van der Waals surface area contributed by atoms with Crippen LogP contribution >= 0.6 is 0 Å². The third-order valence-corrected chi connectivity index (χ3v) is 5.22. The lowest BCUT2D eigenvalue weighted by Gasteiger charge is -2.39. The minimum atomic E-state index is 0.0828.